The highest BCUT2D eigenvalue weighted by Gasteiger charge is 2.29. The summed E-state index contributed by atoms with van der Waals surface area (Å²) in [6.45, 7) is 6.49. The molecular formula is C16H25NO2S. The second-order valence-electron chi connectivity index (χ2n) is 5.85. The van der Waals surface area contributed by atoms with Gasteiger partial charge in [0.2, 0.25) is 0 Å². The average Bonchev–Trinajstić information content (AvgIpc) is 2.71. The molecule has 4 heteroatoms. The fraction of sp³-hybridized carbons (Fsp3) is 0.625. The number of thioether (sulfide) groups is 1. The highest BCUT2D eigenvalue weighted by Crippen LogP contribution is 2.35. The third-order valence-electron chi connectivity index (χ3n) is 3.33. The molecule has 1 aromatic carbocycles. The Morgan fingerprint density at radius 3 is 3.00 bits per heavy atom. The predicted molar refractivity (Wildman–Crippen MR) is 85.6 cm³/mol. The third-order valence-corrected chi connectivity index (χ3v) is 4.40. The summed E-state index contributed by atoms with van der Waals surface area (Å²) in [5.74, 6) is 3.18. The molecule has 0 unspecified atom stereocenters. The summed E-state index contributed by atoms with van der Waals surface area (Å²) in [6.07, 6.45) is 1.89. The molecule has 3 nitrogen and oxygen atoms in total. The number of nitrogens with one attached hydrogen (secondary N) is 1. The molecule has 0 amide bonds. The fourth-order valence-corrected chi connectivity index (χ4v) is 3.24. The Labute approximate surface area is 126 Å². The fourth-order valence-electron chi connectivity index (χ4n) is 2.42. The normalized spacial score (nSPS) is 15.9. The molecule has 0 spiro atoms. The maximum atomic E-state index is 8.69. The zero-order valence-corrected chi connectivity index (χ0v) is 13.3. The van der Waals surface area contributed by atoms with Crippen molar-refractivity contribution < 1.29 is 9.84 Å². The summed E-state index contributed by atoms with van der Waals surface area (Å²) < 4.78 is 5.89. The van der Waals surface area contributed by atoms with Crippen LogP contribution in [0.4, 0.5) is 0 Å². The lowest BCUT2D eigenvalue weighted by molar-refractivity contribution is 0.138. The largest absolute Gasteiger partial charge is 0.487 e. The van der Waals surface area contributed by atoms with Gasteiger partial charge >= 0.3 is 0 Å². The van der Waals surface area contributed by atoms with Crippen LogP contribution >= 0.6 is 11.8 Å². The molecule has 0 radical (unpaired) electrons. The average molecular weight is 295 g/mol. The second kappa shape index (κ2) is 7.34. The van der Waals surface area contributed by atoms with Crippen molar-refractivity contribution in [3.8, 4) is 5.75 Å². The molecule has 0 aromatic heterocycles. The van der Waals surface area contributed by atoms with Crippen LogP contribution in [0.5, 0.6) is 5.75 Å². The Kier molecular flexibility index (Phi) is 5.75. The molecule has 1 aliphatic heterocycles. The minimum absolute atomic E-state index is 0.0578. The van der Waals surface area contributed by atoms with Gasteiger partial charge in [-0.15, -0.1) is 0 Å². The summed E-state index contributed by atoms with van der Waals surface area (Å²) in [6, 6.07) is 6.50. The van der Waals surface area contributed by atoms with Crippen LogP contribution < -0.4 is 10.1 Å². The lowest BCUT2D eigenvalue weighted by Gasteiger charge is -2.16. The Bertz CT molecular complexity index is 434. The molecule has 0 saturated carbocycles. The summed E-state index contributed by atoms with van der Waals surface area (Å²) in [4.78, 5) is 0. The number of rotatable bonds is 8. The number of fused-ring (bicyclic) bond motifs is 1. The topological polar surface area (TPSA) is 41.5 Å². The van der Waals surface area contributed by atoms with Crippen molar-refractivity contribution >= 4 is 11.8 Å². The van der Waals surface area contributed by atoms with E-state index in [2.05, 4.69) is 37.4 Å². The van der Waals surface area contributed by atoms with Crippen LogP contribution in [0.1, 0.15) is 31.4 Å². The minimum Gasteiger partial charge on any atom is -0.487 e. The van der Waals surface area contributed by atoms with E-state index in [1.165, 1.54) is 11.1 Å². The summed E-state index contributed by atoms with van der Waals surface area (Å²) in [5.41, 5.74) is 2.59. The number of hydrogen-bond acceptors (Lipinski definition) is 4. The number of aliphatic hydroxyl groups excluding tert-OH is 1. The van der Waals surface area contributed by atoms with E-state index in [-0.39, 0.29) is 5.60 Å². The van der Waals surface area contributed by atoms with Crippen molar-refractivity contribution in [1.82, 2.24) is 5.32 Å². The van der Waals surface area contributed by atoms with E-state index in [0.29, 0.717) is 6.61 Å². The SMILES string of the molecule is CC1(C)Cc2cc(CNCCSCCCO)ccc2O1. The third kappa shape index (κ3) is 4.69. The van der Waals surface area contributed by atoms with E-state index in [1.54, 1.807) is 0 Å². The summed E-state index contributed by atoms with van der Waals surface area (Å²) in [7, 11) is 0. The van der Waals surface area contributed by atoms with Gasteiger partial charge < -0.3 is 15.2 Å². The maximum absolute atomic E-state index is 8.69. The first-order valence-corrected chi connectivity index (χ1v) is 8.46. The molecule has 0 saturated heterocycles. The van der Waals surface area contributed by atoms with Crippen molar-refractivity contribution in [3.05, 3.63) is 29.3 Å². The summed E-state index contributed by atoms with van der Waals surface area (Å²) >= 11 is 1.89. The lowest BCUT2D eigenvalue weighted by atomic mass is 10.0. The summed E-state index contributed by atoms with van der Waals surface area (Å²) in [5, 5.41) is 12.2. The van der Waals surface area contributed by atoms with Gasteiger partial charge in [-0.1, -0.05) is 12.1 Å². The van der Waals surface area contributed by atoms with Gasteiger partial charge in [0.1, 0.15) is 11.4 Å². The van der Waals surface area contributed by atoms with Crippen LogP contribution in [0, 0.1) is 0 Å². The number of aliphatic hydroxyl groups is 1. The molecule has 0 atom stereocenters. The van der Waals surface area contributed by atoms with Crippen molar-refractivity contribution in [2.24, 2.45) is 0 Å². The molecule has 0 fully saturated rings. The van der Waals surface area contributed by atoms with E-state index < -0.39 is 0 Å². The Morgan fingerprint density at radius 2 is 2.20 bits per heavy atom. The van der Waals surface area contributed by atoms with Crippen LogP contribution in [-0.2, 0) is 13.0 Å². The van der Waals surface area contributed by atoms with E-state index >= 15 is 0 Å². The van der Waals surface area contributed by atoms with Crippen molar-refractivity contribution in [3.63, 3.8) is 0 Å². The van der Waals surface area contributed by atoms with Crippen LogP contribution in [0.15, 0.2) is 18.2 Å². The Hall–Kier alpha value is -0.710. The molecule has 1 heterocycles. The van der Waals surface area contributed by atoms with Gasteiger partial charge in [0.25, 0.3) is 0 Å². The van der Waals surface area contributed by atoms with E-state index in [1.807, 2.05) is 11.8 Å². The van der Waals surface area contributed by atoms with Crippen LogP contribution in [0.3, 0.4) is 0 Å². The van der Waals surface area contributed by atoms with Crippen molar-refractivity contribution in [2.45, 2.75) is 38.8 Å². The number of ether oxygens (including phenoxy) is 1. The van der Waals surface area contributed by atoms with E-state index in [9.17, 15) is 0 Å². The molecule has 20 heavy (non-hydrogen) atoms. The molecular weight excluding hydrogens is 270 g/mol. The standard InChI is InChI=1S/C16H25NO2S/c1-16(2)11-14-10-13(4-5-15(14)19-16)12-17-6-9-20-8-3-7-18/h4-5,10,17-18H,3,6-9,11-12H2,1-2H3. The Balaban J connectivity index is 1.70. The molecule has 112 valence electrons. The van der Waals surface area contributed by atoms with Gasteiger partial charge in [0, 0.05) is 31.9 Å². The van der Waals surface area contributed by atoms with Crippen molar-refractivity contribution in [1.29, 1.82) is 0 Å². The smallest absolute Gasteiger partial charge is 0.123 e. The van der Waals surface area contributed by atoms with E-state index in [4.69, 9.17) is 9.84 Å². The first-order valence-electron chi connectivity index (χ1n) is 7.31. The van der Waals surface area contributed by atoms with Gasteiger partial charge in [-0.05, 0) is 43.2 Å². The minimum atomic E-state index is -0.0578. The zero-order chi connectivity index (χ0) is 14.4. The molecule has 2 N–H and O–H groups in total. The van der Waals surface area contributed by atoms with E-state index in [0.717, 1.165) is 43.2 Å². The first-order chi connectivity index (χ1) is 9.61. The first kappa shape index (κ1) is 15.7. The predicted octanol–water partition coefficient (Wildman–Crippen LogP) is 2.61. The van der Waals surface area contributed by atoms with Gasteiger partial charge in [-0.25, -0.2) is 0 Å². The monoisotopic (exact) mass is 295 g/mol. The maximum Gasteiger partial charge on any atom is 0.123 e. The highest BCUT2D eigenvalue weighted by atomic mass is 32.2. The van der Waals surface area contributed by atoms with Gasteiger partial charge in [-0.2, -0.15) is 11.8 Å². The lowest BCUT2D eigenvalue weighted by Crippen LogP contribution is -2.24. The Morgan fingerprint density at radius 1 is 1.35 bits per heavy atom. The number of hydrogen-bond donors (Lipinski definition) is 2. The highest BCUT2D eigenvalue weighted by molar-refractivity contribution is 7.99. The van der Waals surface area contributed by atoms with Crippen LogP contribution in [0.25, 0.3) is 0 Å². The quantitative estimate of drug-likeness (QED) is 0.723. The molecule has 0 bridgehead atoms. The van der Waals surface area contributed by atoms with Crippen LogP contribution in [0.2, 0.25) is 0 Å². The van der Waals surface area contributed by atoms with Crippen LogP contribution in [-0.4, -0.2) is 35.4 Å². The number of benzene rings is 1. The molecule has 2 rings (SSSR count). The molecule has 1 aliphatic rings. The van der Waals surface area contributed by atoms with Gasteiger partial charge in [0.15, 0.2) is 0 Å². The van der Waals surface area contributed by atoms with Crippen molar-refractivity contribution in [2.75, 3.05) is 24.7 Å². The van der Waals surface area contributed by atoms with Gasteiger partial charge in [-0.3, -0.25) is 0 Å². The molecule has 1 aromatic rings. The van der Waals surface area contributed by atoms with Gasteiger partial charge in [0.05, 0.1) is 0 Å². The molecule has 0 aliphatic carbocycles. The zero-order valence-electron chi connectivity index (χ0n) is 12.4. The second-order valence-corrected chi connectivity index (χ2v) is 7.07.